The maximum absolute atomic E-state index is 9.52. The summed E-state index contributed by atoms with van der Waals surface area (Å²) in [4.78, 5) is 0. The van der Waals surface area contributed by atoms with Gasteiger partial charge in [-0.15, -0.1) is 0 Å². The summed E-state index contributed by atoms with van der Waals surface area (Å²) >= 11 is 0. The van der Waals surface area contributed by atoms with E-state index in [1.165, 1.54) is 0 Å². The molecule has 1 N–H and O–H groups in total. The quantitative estimate of drug-likeness (QED) is 0.681. The van der Waals surface area contributed by atoms with Gasteiger partial charge < -0.3 is 9.84 Å². The second-order valence-electron chi connectivity index (χ2n) is 3.06. The lowest BCUT2D eigenvalue weighted by Crippen LogP contribution is -2.11. The SMILES string of the molecule is O[C@H]1CCO[C@H]1c1ccccc1. The van der Waals surface area contributed by atoms with Gasteiger partial charge in [-0.25, -0.2) is 0 Å². The van der Waals surface area contributed by atoms with Crippen molar-refractivity contribution in [2.24, 2.45) is 0 Å². The summed E-state index contributed by atoms with van der Waals surface area (Å²) < 4.78 is 5.40. The smallest absolute Gasteiger partial charge is 0.108 e. The molecule has 0 radical (unpaired) electrons. The number of aliphatic hydroxyl groups excluding tert-OH is 1. The van der Waals surface area contributed by atoms with Crippen molar-refractivity contribution in [3.05, 3.63) is 35.9 Å². The molecule has 1 heterocycles. The number of benzene rings is 1. The summed E-state index contributed by atoms with van der Waals surface area (Å²) in [6.45, 7) is 0.667. The van der Waals surface area contributed by atoms with Crippen LogP contribution in [0.1, 0.15) is 18.1 Å². The maximum Gasteiger partial charge on any atom is 0.108 e. The van der Waals surface area contributed by atoms with Crippen LogP contribution in [0, 0.1) is 0 Å². The monoisotopic (exact) mass is 164 g/mol. The normalized spacial score (nSPS) is 29.1. The maximum atomic E-state index is 9.52. The molecule has 1 aliphatic heterocycles. The van der Waals surface area contributed by atoms with Crippen molar-refractivity contribution in [3.8, 4) is 0 Å². The zero-order valence-electron chi connectivity index (χ0n) is 6.81. The van der Waals surface area contributed by atoms with Crippen molar-refractivity contribution in [2.75, 3.05) is 6.61 Å². The molecule has 1 fully saturated rings. The van der Waals surface area contributed by atoms with Gasteiger partial charge >= 0.3 is 0 Å². The Morgan fingerprint density at radius 1 is 1.25 bits per heavy atom. The van der Waals surface area contributed by atoms with E-state index in [0.29, 0.717) is 6.61 Å². The summed E-state index contributed by atoms with van der Waals surface area (Å²) in [5.74, 6) is 0. The first-order valence-corrected chi connectivity index (χ1v) is 4.22. The molecule has 0 aliphatic carbocycles. The second-order valence-corrected chi connectivity index (χ2v) is 3.06. The average Bonchev–Trinajstić information content (AvgIpc) is 2.53. The van der Waals surface area contributed by atoms with Gasteiger partial charge in [0.15, 0.2) is 0 Å². The summed E-state index contributed by atoms with van der Waals surface area (Å²) in [5.41, 5.74) is 1.07. The Morgan fingerprint density at radius 2 is 2.00 bits per heavy atom. The number of hydrogen-bond donors (Lipinski definition) is 1. The van der Waals surface area contributed by atoms with Crippen LogP contribution in [0.2, 0.25) is 0 Å². The van der Waals surface area contributed by atoms with Gasteiger partial charge in [-0.05, 0) is 12.0 Å². The molecule has 0 amide bonds. The molecule has 2 atom stereocenters. The van der Waals surface area contributed by atoms with Gasteiger partial charge in [0, 0.05) is 0 Å². The van der Waals surface area contributed by atoms with Crippen LogP contribution >= 0.6 is 0 Å². The van der Waals surface area contributed by atoms with Gasteiger partial charge in [-0.1, -0.05) is 30.3 Å². The summed E-state index contributed by atoms with van der Waals surface area (Å²) in [6.07, 6.45) is 0.318. The number of hydrogen-bond acceptors (Lipinski definition) is 2. The molecule has 0 bridgehead atoms. The minimum atomic E-state index is -0.326. The Bertz CT molecular complexity index is 245. The van der Waals surface area contributed by atoms with E-state index < -0.39 is 0 Å². The Balaban J connectivity index is 2.19. The van der Waals surface area contributed by atoms with Crippen molar-refractivity contribution < 1.29 is 9.84 Å². The summed E-state index contributed by atoms with van der Waals surface area (Å²) in [5, 5.41) is 9.52. The molecule has 0 saturated carbocycles. The minimum absolute atomic E-state index is 0.105. The van der Waals surface area contributed by atoms with Crippen LogP contribution in [0.25, 0.3) is 0 Å². The van der Waals surface area contributed by atoms with Crippen LogP contribution in [0.4, 0.5) is 0 Å². The van der Waals surface area contributed by atoms with Crippen LogP contribution in [0.3, 0.4) is 0 Å². The topological polar surface area (TPSA) is 29.5 Å². The largest absolute Gasteiger partial charge is 0.390 e. The van der Waals surface area contributed by atoms with Gasteiger partial charge in [-0.3, -0.25) is 0 Å². The first kappa shape index (κ1) is 7.77. The lowest BCUT2D eigenvalue weighted by Gasteiger charge is -2.13. The van der Waals surface area contributed by atoms with Crippen molar-refractivity contribution in [3.63, 3.8) is 0 Å². The predicted octanol–water partition coefficient (Wildman–Crippen LogP) is 1.51. The molecule has 0 unspecified atom stereocenters. The standard InChI is InChI=1S/C10H12O2/c11-9-6-7-12-10(9)8-4-2-1-3-5-8/h1-5,9-11H,6-7H2/t9-,10-/m0/s1. The van der Waals surface area contributed by atoms with Gasteiger partial charge in [0.1, 0.15) is 6.10 Å². The Morgan fingerprint density at radius 3 is 2.58 bits per heavy atom. The van der Waals surface area contributed by atoms with Crippen LogP contribution in [-0.4, -0.2) is 17.8 Å². The molecule has 64 valence electrons. The van der Waals surface area contributed by atoms with E-state index in [2.05, 4.69) is 0 Å². The third-order valence-corrected chi connectivity index (χ3v) is 2.19. The van der Waals surface area contributed by atoms with E-state index in [1.807, 2.05) is 30.3 Å². The molecule has 1 saturated heterocycles. The van der Waals surface area contributed by atoms with Crippen LogP contribution in [0.15, 0.2) is 30.3 Å². The third kappa shape index (κ3) is 1.36. The number of aliphatic hydroxyl groups is 1. The van der Waals surface area contributed by atoms with Crippen molar-refractivity contribution >= 4 is 0 Å². The van der Waals surface area contributed by atoms with Gasteiger partial charge in [0.05, 0.1) is 12.7 Å². The van der Waals surface area contributed by atoms with Crippen LogP contribution in [0.5, 0.6) is 0 Å². The van der Waals surface area contributed by atoms with Crippen molar-refractivity contribution in [1.29, 1.82) is 0 Å². The Labute approximate surface area is 71.8 Å². The molecule has 0 aromatic heterocycles. The highest BCUT2D eigenvalue weighted by atomic mass is 16.5. The number of rotatable bonds is 1. The fraction of sp³-hybridized carbons (Fsp3) is 0.400. The van der Waals surface area contributed by atoms with Crippen LogP contribution in [-0.2, 0) is 4.74 Å². The Kier molecular flexibility index (Phi) is 2.11. The summed E-state index contributed by atoms with van der Waals surface area (Å²) in [6, 6.07) is 9.86. The highest BCUT2D eigenvalue weighted by molar-refractivity contribution is 5.19. The predicted molar refractivity (Wildman–Crippen MR) is 45.8 cm³/mol. The van der Waals surface area contributed by atoms with Crippen molar-refractivity contribution in [1.82, 2.24) is 0 Å². The Hall–Kier alpha value is -0.860. The lowest BCUT2D eigenvalue weighted by atomic mass is 10.1. The van der Waals surface area contributed by atoms with E-state index in [9.17, 15) is 5.11 Å². The molecule has 0 spiro atoms. The zero-order valence-corrected chi connectivity index (χ0v) is 6.81. The van der Waals surface area contributed by atoms with Gasteiger partial charge in [0.2, 0.25) is 0 Å². The highest BCUT2D eigenvalue weighted by Gasteiger charge is 2.27. The van der Waals surface area contributed by atoms with E-state index >= 15 is 0 Å². The van der Waals surface area contributed by atoms with Gasteiger partial charge in [0.25, 0.3) is 0 Å². The minimum Gasteiger partial charge on any atom is -0.390 e. The lowest BCUT2D eigenvalue weighted by molar-refractivity contribution is 0.0418. The molecule has 1 aliphatic rings. The fourth-order valence-electron chi connectivity index (χ4n) is 1.54. The zero-order chi connectivity index (χ0) is 8.39. The van der Waals surface area contributed by atoms with E-state index in [1.54, 1.807) is 0 Å². The fourth-order valence-corrected chi connectivity index (χ4v) is 1.54. The summed E-state index contributed by atoms with van der Waals surface area (Å²) in [7, 11) is 0. The third-order valence-electron chi connectivity index (χ3n) is 2.19. The average molecular weight is 164 g/mol. The number of ether oxygens (including phenoxy) is 1. The molecule has 12 heavy (non-hydrogen) atoms. The van der Waals surface area contributed by atoms with E-state index in [-0.39, 0.29) is 12.2 Å². The molecule has 1 aromatic carbocycles. The molecule has 2 heteroatoms. The molecule has 1 aromatic rings. The highest BCUT2D eigenvalue weighted by Crippen LogP contribution is 2.28. The van der Waals surface area contributed by atoms with E-state index in [4.69, 9.17) is 4.74 Å². The van der Waals surface area contributed by atoms with Crippen molar-refractivity contribution in [2.45, 2.75) is 18.6 Å². The molecule has 2 rings (SSSR count). The van der Waals surface area contributed by atoms with E-state index in [0.717, 1.165) is 12.0 Å². The first-order valence-electron chi connectivity index (χ1n) is 4.22. The molecule has 2 nitrogen and oxygen atoms in total. The second kappa shape index (κ2) is 3.25. The molecular weight excluding hydrogens is 152 g/mol. The van der Waals surface area contributed by atoms with Crippen LogP contribution < -0.4 is 0 Å². The first-order chi connectivity index (χ1) is 5.88. The molecular formula is C10H12O2. The van der Waals surface area contributed by atoms with Gasteiger partial charge in [-0.2, -0.15) is 0 Å².